The van der Waals surface area contributed by atoms with Gasteiger partial charge in [-0.2, -0.15) is 8.78 Å². The fourth-order valence-electron chi connectivity index (χ4n) is 3.51. The molecule has 0 aromatic rings. The van der Waals surface area contributed by atoms with Gasteiger partial charge >= 0.3 is 6.11 Å². The lowest BCUT2D eigenvalue weighted by atomic mass is 9.92. The summed E-state index contributed by atoms with van der Waals surface area (Å²) in [7, 11) is 0. The average Bonchev–Trinajstić information content (AvgIpc) is 3.04. The Labute approximate surface area is 106 Å². The maximum absolute atomic E-state index is 14.3. The van der Waals surface area contributed by atoms with Gasteiger partial charge < -0.3 is 9.47 Å². The van der Waals surface area contributed by atoms with Crippen LogP contribution in [0, 0.1) is 5.92 Å². The molecule has 102 valence electrons. The molecule has 1 aliphatic carbocycles. The summed E-state index contributed by atoms with van der Waals surface area (Å²) in [6.07, 6.45) is 4.54. The molecule has 0 N–H and O–H groups in total. The number of rotatable bonds is 4. The summed E-state index contributed by atoms with van der Waals surface area (Å²) in [5.41, 5.74) is -0.602. The lowest BCUT2D eigenvalue weighted by Gasteiger charge is -2.36. The summed E-state index contributed by atoms with van der Waals surface area (Å²) in [4.78, 5) is 0. The third-order valence-corrected chi connectivity index (χ3v) is 4.67. The SMILES string of the molecule is CCC1(OC(F)(F)C2CC3C=CC2O3)CCCC1. The fourth-order valence-corrected chi connectivity index (χ4v) is 3.51. The number of alkyl halides is 2. The lowest BCUT2D eigenvalue weighted by Crippen LogP contribution is -2.44. The van der Waals surface area contributed by atoms with E-state index in [1.807, 2.05) is 13.0 Å². The van der Waals surface area contributed by atoms with Gasteiger partial charge in [-0.15, -0.1) is 0 Å². The zero-order valence-electron chi connectivity index (χ0n) is 10.7. The molecule has 4 heteroatoms. The number of halogens is 2. The molecule has 3 atom stereocenters. The zero-order valence-corrected chi connectivity index (χ0v) is 10.7. The van der Waals surface area contributed by atoms with E-state index >= 15 is 0 Å². The van der Waals surface area contributed by atoms with E-state index in [-0.39, 0.29) is 6.10 Å². The molecule has 1 saturated carbocycles. The molecule has 3 unspecified atom stereocenters. The highest BCUT2D eigenvalue weighted by Crippen LogP contribution is 2.48. The van der Waals surface area contributed by atoms with Crippen LogP contribution < -0.4 is 0 Å². The minimum absolute atomic E-state index is 0.129. The highest BCUT2D eigenvalue weighted by Gasteiger charge is 2.55. The summed E-state index contributed by atoms with van der Waals surface area (Å²) >= 11 is 0. The Morgan fingerprint density at radius 2 is 2.06 bits per heavy atom. The maximum atomic E-state index is 14.3. The van der Waals surface area contributed by atoms with E-state index in [9.17, 15) is 8.78 Å². The van der Waals surface area contributed by atoms with E-state index in [4.69, 9.17) is 9.47 Å². The summed E-state index contributed by atoms with van der Waals surface area (Å²) in [5, 5.41) is 0. The second kappa shape index (κ2) is 4.27. The van der Waals surface area contributed by atoms with E-state index in [1.54, 1.807) is 6.08 Å². The molecule has 0 radical (unpaired) electrons. The smallest absolute Gasteiger partial charge is 0.361 e. The molecule has 2 nitrogen and oxygen atoms in total. The quantitative estimate of drug-likeness (QED) is 0.716. The molecule has 0 spiro atoms. The molecule has 1 saturated heterocycles. The average molecular weight is 258 g/mol. The molecule has 3 aliphatic rings. The van der Waals surface area contributed by atoms with Gasteiger partial charge in [0.05, 0.1) is 23.7 Å². The fraction of sp³-hybridized carbons (Fsp3) is 0.857. The van der Waals surface area contributed by atoms with Crippen LogP contribution in [0.15, 0.2) is 12.2 Å². The molecule has 0 aromatic heterocycles. The first-order valence-corrected chi connectivity index (χ1v) is 6.96. The summed E-state index contributed by atoms with van der Waals surface area (Å²) in [5.74, 6) is -0.809. The van der Waals surface area contributed by atoms with Crippen LogP contribution in [0.1, 0.15) is 45.4 Å². The van der Waals surface area contributed by atoms with Crippen molar-refractivity contribution in [2.75, 3.05) is 0 Å². The van der Waals surface area contributed by atoms with Crippen LogP contribution in [-0.4, -0.2) is 23.9 Å². The van der Waals surface area contributed by atoms with Gasteiger partial charge in [-0.1, -0.05) is 31.9 Å². The van der Waals surface area contributed by atoms with Gasteiger partial charge in [-0.3, -0.25) is 0 Å². The van der Waals surface area contributed by atoms with Crippen LogP contribution in [-0.2, 0) is 9.47 Å². The van der Waals surface area contributed by atoms with Gasteiger partial charge in [0.15, 0.2) is 0 Å². The van der Waals surface area contributed by atoms with Crippen molar-refractivity contribution in [3.05, 3.63) is 12.2 Å². The highest BCUT2D eigenvalue weighted by atomic mass is 19.3. The normalized spacial score (nSPS) is 37.6. The van der Waals surface area contributed by atoms with Crippen LogP contribution in [0.2, 0.25) is 0 Å². The molecule has 2 aliphatic heterocycles. The Morgan fingerprint density at radius 3 is 2.56 bits per heavy atom. The molecular weight excluding hydrogens is 238 g/mol. The molecule has 2 fully saturated rings. The van der Waals surface area contributed by atoms with Crippen molar-refractivity contribution >= 4 is 0 Å². The lowest BCUT2D eigenvalue weighted by molar-refractivity contribution is -0.323. The van der Waals surface area contributed by atoms with Gasteiger partial charge in [0.25, 0.3) is 0 Å². The van der Waals surface area contributed by atoms with Gasteiger partial charge in [-0.05, 0) is 25.7 Å². The van der Waals surface area contributed by atoms with E-state index in [0.717, 1.165) is 25.7 Å². The Balaban J connectivity index is 1.72. The van der Waals surface area contributed by atoms with E-state index in [1.165, 1.54) is 0 Å². The molecule has 2 heterocycles. The third kappa shape index (κ3) is 1.99. The van der Waals surface area contributed by atoms with Crippen LogP contribution in [0.4, 0.5) is 8.78 Å². The Bertz CT molecular complexity index is 348. The first-order chi connectivity index (χ1) is 8.55. The minimum atomic E-state index is -3.06. The summed E-state index contributed by atoms with van der Waals surface area (Å²) in [6, 6.07) is 0. The third-order valence-electron chi connectivity index (χ3n) is 4.67. The van der Waals surface area contributed by atoms with Gasteiger partial charge in [0.2, 0.25) is 0 Å². The van der Waals surface area contributed by atoms with Crippen LogP contribution >= 0.6 is 0 Å². The number of hydrogen-bond donors (Lipinski definition) is 0. The van der Waals surface area contributed by atoms with Gasteiger partial charge in [0, 0.05) is 0 Å². The summed E-state index contributed by atoms with van der Waals surface area (Å²) in [6.45, 7) is 1.94. The number of ether oxygens (including phenoxy) is 2. The van der Waals surface area contributed by atoms with Gasteiger partial charge in [-0.25, -0.2) is 0 Å². The standard InChI is InChI=1S/C14H20F2O2/c1-2-13(7-3-4-8-13)18-14(15,16)11-9-10-5-6-12(11)17-10/h5-6,10-12H,2-4,7-9H2,1H3. The van der Waals surface area contributed by atoms with Crippen LogP contribution in [0.25, 0.3) is 0 Å². The first kappa shape index (κ1) is 12.5. The van der Waals surface area contributed by atoms with E-state index in [2.05, 4.69) is 0 Å². The highest BCUT2D eigenvalue weighted by molar-refractivity contribution is 5.12. The predicted molar refractivity (Wildman–Crippen MR) is 63.4 cm³/mol. The zero-order chi connectivity index (χ0) is 12.8. The van der Waals surface area contributed by atoms with Crippen LogP contribution in [0.5, 0.6) is 0 Å². The van der Waals surface area contributed by atoms with Gasteiger partial charge in [0.1, 0.15) is 0 Å². The van der Waals surface area contributed by atoms with Crippen molar-refractivity contribution < 1.29 is 18.3 Å². The van der Waals surface area contributed by atoms with Crippen molar-refractivity contribution in [1.29, 1.82) is 0 Å². The first-order valence-electron chi connectivity index (χ1n) is 6.96. The molecule has 3 rings (SSSR count). The van der Waals surface area contributed by atoms with Crippen molar-refractivity contribution in [2.45, 2.75) is 69.4 Å². The number of fused-ring (bicyclic) bond motifs is 2. The molecule has 0 aromatic carbocycles. The molecular formula is C14H20F2O2. The largest absolute Gasteiger partial charge is 0.366 e. The van der Waals surface area contributed by atoms with Crippen molar-refractivity contribution in [2.24, 2.45) is 5.92 Å². The van der Waals surface area contributed by atoms with Crippen molar-refractivity contribution in [1.82, 2.24) is 0 Å². The second-order valence-corrected chi connectivity index (χ2v) is 5.77. The predicted octanol–water partition coefficient (Wildman–Crippen LogP) is 3.66. The monoisotopic (exact) mass is 258 g/mol. The minimum Gasteiger partial charge on any atom is -0.366 e. The van der Waals surface area contributed by atoms with Crippen molar-refractivity contribution in [3.63, 3.8) is 0 Å². The van der Waals surface area contributed by atoms with Crippen LogP contribution in [0.3, 0.4) is 0 Å². The van der Waals surface area contributed by atoms with Crippen molar-refractivity contribution in [3.8, 4) is 0 Å². The Morgan fingerprint density at radius 1 is 1.33 bits per heavy atom. The molecule has 0 amide bonds. The number of hydrogen-bond acceptors (Lipinski definition) is 2. The topological polar surface area (TPSA) is 18.5 Å². The molecule has 2 bridgehead atoms. The Hall–Kier alpha value is -0.480. The Kier molecular flexibility index (Phi) is 2.98. The maximum Gasteiger partial charge on any atom is 0.361 e. The summed E-state index contributed by atoms with van der Waals surface area (Å²) < 4.78 is 39.4. The van der Waals surface area contributed by atoms with E-state index < -0.39 is 23.7 Å². The second-order valence-electron chi connectivity index (χ2n) is 5.77. The van der Waals surface area contributed by atoms with E-state index in [0.29, 0.717) is 12.8 Å². The molecule has 18 heavy (non-hydrogen) atoms.